The van der Waals surface area contributed by atoms with Crippen molar-refractivity contribution in [2.75, 3.05) is 5.73 Å². The first kappa shape index (κ1) is 18.1. The van der Waals surface area contributed by atoms with E-state index in [0.29, 0.717) is 17.7 Å². The molecule has 4 rings (SSSR count). The first-order valence-corrected chi connectivity index (χ1v) is 10.0. The Labute approximate surface area is 167 Å². The van der Waals surface area contributed by atoms with Crippen molar-refractivity contribution in [2.24, 2.45) is 0 Å². The van der Waals surface area contributed by atoms with Crippen molar-refractivity contribution in [2.45, 2.75) is 19.4 Å². The van der Waals surface area contributed by atoms with E-state index < -0.39 is 0 Å². The fourth-order valence-corrected chi connectivity index (χ4v) is 3.72. The van der Waals surface area contributed by atoms with Crippen molar-refractivity contribution in [3.05, 3.63) is 88.2 Å². The summed E-state index contributed by atoms with van der Waals surface area (Å²) in [4.78, 5) is 12.5. The molecule has 0 saturated carbocycles. The van der Waals surface area contributed by atoms with E-state index in [9.17, 15) is 4.79 Å². The fourth-order valence-electron chi connectivity index (χ4n) is 3.02. The van der Waals surface area contributed by atoms with Gasteiger partial charge >= 0.3 is 0 Å². The van der Waals surface area contributed by atoms with Gasteiger partial charge in [0.15, 0.2) is 5.78 Å². The second-order valence-corrected chi connectivity index (χ2v) is 7.40. The minimum Gasteiger partial charge on any atom is -0.398 e. The summed E-state index contributed by atoms with van der Waals surface area (Å²) in [5.74, 6) is 0.0452. The van der Waals surface area contributed by atoms with Gasteiger partial charge in [-0.25, -0.2) is 0 Å². The lowest BCUT2D eigenvalue weighted by molar-refractivity contribution is 0.0993. The number of rotatable bonds is 7. The van der Waals surface area contributed by atoms with Gasteiger partial charge in [-0.05, 0) is 40.4 Å². The highest BCUT2D eigenvalue weighted by Crippen LogP contribution is 2.19. The largest absolute Gasteiger partial charge is 0.398 e. The third-order valence-corrected chi connectivity index (χ3v) is 5.39. The maximum absolute atomic E-state index is 12.5. The Kier molecular flexibility index (Phi) is 5.30. The van der Waals surface area contributed by atoms with Gasteiger partial charge in [0.2, 0.25) is 0 Å². The molecule has 4 aromatic rings. The van der Waals surface area contributed by atoms with Crippen LogP contribution in [0.15, 0.2) is 71.6 Å². The fraction of sp³-hybridized carbons (Fsp3) is 0.136. The molecule has 0 unspecified atom stereocenters. The van der Waals surface area contributed by atoms with E-state index in [2.05, 4.69) is 27.1 Å². The van der Waals surface area contributed by atoms with Crippen LogP contribution in [0.5, 0.6) is 0 Å². The number of nitrogens with two attached hydrogens (primary N) is 1. The molecule has 5 nitrogen and oxygen atoms in total. The maximum Gasteiger partial charge on any atom is 0.167 e. The van der Waals surface area contributed by atoms with Gasteiger partial charge in [0.05, 0.1) is 6.20 Å². The molecular weight excluding hydrogens is 368 g/mol. The third kappa shape index (κ3) is 4.18. The second kappa shape index (κ2) is 8.19. The van der Waals surface area contributed by atoms with Crippen LogP contribution in [0.2, 0.25) is 0 Å². The molecule has 140 valence electrons. The van der Waals surface area contributed by atoms with Crippen molar-refractivity contribution < 1.29 is 4.79 Å². The van der Waals surface area contributed by atoms with Gasteiger partial charge in [0.25, 0.3) is 0 Å². The number of aryl methyl sites for hydroxylation is 2. The molecule has 2 heterocycles. The molecule has 0 amide bonds. The van der Waals surface area contributed by atoms with Crippen molar-refractivity contribution in [1.82, 2.24) is 15.0 Å². The SMILES string of the molecule is Nc1ccccc1CC(=O)c1ccc(-c2cn(CCc3ccsc3)nn2)cc1. The molecule has 0 saturated heterocycles. The van der Waals surface area contributed by atoms with Crippen LogP contribution < -0.4 is 5.73 Å². The minimum atomic E-state index is 0.0452. The molecule has 0 spiro atoms. The van der Waals surface area contributed by atoms with Gasteiger partial charge in [-0.3, -0.25) is 9.48 Å². The van der Waals surface area contributed by atoms with Gasteiger partial charge < -0.3 is 5.73 Å². The molecule has 0 bridgehead atoms. The van der Waals surface area contributed by atoms with Gasteiger partial charge in [0.1, 0.15) is 5.69 Å². The zero-order chi connectivity index (χ0) is 19.3. The van der Waals surface area contributed by atoms with Crippen LogP contribution >= 0.6 is 11.3 Å². The standard InChI is InChI=1S/C22H20N4OS/c23-20-4-2-1-3-19(20)13-22(27)18-7-5-17(6-8-18)21-14-26(25-24-21)11-9-16-10-12-28-15-16/h1-8,10,12,14-15H,9,11,13,23H2. The van der Waals surface area contributed by atoms with E-state index in [4.69, 9.17) is 5.73 Å². The predicted octanol–water partition coefficient (Wildman–Crippen LogP) is 4.26. The van der Waals surface area contributed by atoms with E-state index in [1.807, 2.05) is 59.4 Å². The molecular formula is C22H20N4OS. The Morgan fingerprint density at radius 3 is 2.64 bits per heavy atom. The van der Waals surface area contributed by atoms with E-state index in [0.717, 1.165) is 29.8 Å². The Balaban J connectivity index is 1.41. The smallest absolute Gasteiger partial charge is 0.167 e. The van der Waals surface area contributed by atoms with E-state index in [1.165, 1.54) is 5.56 Å². The number of para-hydroxylation sites is 1. The number of hydrogen-bond donors (Lipinski definition) is 1. The van der Waals surface area contributed by atoms with Crippen LogP contribution in [0.25, 0.3) is 11.3 Å². The average Bonchev–Trinajstić information content (AvgIpc) is 3.40. The van der Waals surface area contributed by atoms with Crippen LogP contribution in [0.3, 0.4) is 0 Å². The third-order valence-electron chi connectivity index (χ3n) is 4.66. The zero-order valence-corrected chi connectivity index (χ0v) is 16.1. The number of anilines is 1. The highest BCUT2D eigenvalue weighted by atomic mass is 32.1. The lowest BCUT2D eigenvalue weighted by Crippen LogP contribution is -2.05. The van der Waals surface area contributed by atoms with Crippen LogP contribution in [0, 0.1) is 0 Å². The van der Waals surface area contributed by atoms with E-state index >= 15 is 0 Å². The highest BCUT2D eigenvalue weighted by molar-refractivity contribution is 7.07. The van der Waals surface area contributed by atoms with Gasteiger partial charge in [-0.2, -0.15) is 11.3 Å². The number of carbonyl (C=O) groups is 1. The average molecular weight is 388 g/mol. The Hall–Kier alpha value is -3.25. The number of carbonyl (C=O) groups excluding carboxylic acids is 1. The summed E-state index contributed by atoms with van der Waals surface area (Å²) in [6, 6.07) is 17.1. The molecule has 0 aliphatic rings. The van der Waals surface area contributed by atoms with Gasteiger partial charge in [0, 0.05) is 29.8 Å². The maximum atomic E-state index is 12.5. The summed E-state index contributed by atoms with van der Waals surface area (Å²) < 4.78 is 1.85. The summed E-state index contributed by atoms with van der Waals surface area (Å²) in [5, 5.41) is 12.7. The summed E-state index contributed by atoms with van der Waals surface area (Å²) in [6.45, 7) is 0.790. The lowest BCUT2D eigenvalue weighted by atomic mass is 10.0. The number of benzene rings is 2. The molecule has 0 aliphatic heterocycles. The van der Waals surface area contributed by atoms with Crippen molar-refractivity contribution >= 4 is 22.8 Å². The molecule has 2 aromatic heterocycles. The minimum absolute atomic E-state index is 0.0452. The predicted molar refractivity (Wildman–Crippen MR) is 112 cm³/mol. The number of ketones is 1. The zero-order valence-electron chi connectivity index (χ0n) is 15.3. The van der Waals surface area contributed by atoms with Crippen LogP contribution in [-0.4, -0.2) is 20.8 Å². The number of Topliss-reactive ketones (excluding diaryl/α,β-unsaturated/α-hetero) is 1. The molecule has 0 radical (unpaired) electrons. The number of nitrogens with zero attached hydrogens (tertiary/aromatic N) is 3. The second-order valence-electron chi connectivity index (χ2n) is 6.62. The highest BCUT2D eigenvalue weighted by Gasteiger charge is 2.10. The Bertz CT molecular complexity index is 1070. The van der Waals surface area contributed by atoms with Gasteiger partial charge in [-0.15, -0.1) is 5.10 Å². The molecule has 6 heteroatoms. The normalized spacial score (nSPS) is 10.9. The first-order chi connectivity index (χ1) is 13.7. The van der Waals surface area contributed by atoms with Crippen molar-refractivity contribution in [3.63, 3.8) is 0 Å². The molecule has 0 aliphatic carbocycles. The first-order valence-electron chi connectivity index (χ1n) is 9.07. The topological polar surface area (TPSA) is 73.8 Å². The van der Waals surface area contributed by atoms with Crippen molar-refractivity contribution in [1.29, 1.82) is 0 Å². The molecule has 28 heavy (non-hydrogen) atoms. The molecule has 0 atom stereocenters. The van der Waals surface area contributed by atoms with E-state index in [1.54, 1.807) is 11.3 Å². The number of aromatic nitrogens is 3. The van der Waals surface area contributed by atoms with Crippen LogP contribution in [0.1, 0.15) is 21.5 Å². The monoisotopic (exact) mass is 388 g/mol. The molecule has 2 aromatic carbocycles. The molecule has 0 fully saturated rings. The van der Waals surface area contributed by atoms with E-state index in [-0.39, 0.29) is 5.78 Å². The molecule has 2 N–H and O–H groups in total. The summed E-state index contributed by atoms with van der Waals surface area (Å²) in [5.41, 5.74) is 11.2. The Morgan fingerprint density at radius 1 is 1.07 bits per heavy atom. The lowest BCUT2D eigenvalue weighted by Gasteiger charge is -2.05. The van der Waals surface area contributed by atoms with Crippen LogP contribution in [-0.2, 0) is 19.4 Å². The summed E-state index contributed by atoms with van der Waals surface area (Å²) in [7, 11) is 0. The van der Waals surface area contributed by atoms with Crippen molar-refractivity contribution in [3.8, 4) is 11.3 Å². The van der Waals surface area contributed by atoms with Gasteiger partial charge in [-0.1, -0.05) is 47.7 Å². The number of nitrogen functional groups attached to an aromatic ring is 1. The van der Waals surface area contributed by atoms with Crippen LogP contribution in [0.4, 0.5) is 5.69 Å². The summed E-state index contributed by atoms with van der Waals surface area (Å²) >= 11 is 1.70. The summed E-state index contributed by atoms with van der Waals surface area (Å²) in [6.07, 6.45) is 3.17. The number of thiophene rings is 1. The Morgan fingerprint density at radius 2 is 1.89 bits per heavy atom. The number of hydrogen-bond acceptors (Lipinski definition) is 5. The quantitative estimate of drug-likeness (QED) is 0.379.